The van der Waals surface area contributed by atoms with Gasteiger partial charge in [-0.1, -0.05) is 34.5 Å². The summed E-state index contributed by atoms with van der Waals surface area (Å²) in [6.45, 7) is 0. The summed E-state index contributed by atoms with van der Waals surface area (Å²) >= 11 is 13.1. The highest BCUT2D eigenvalue weighted by atomic mass is 35.5. The summed E-state index contributed by atoms with van der Waals surface area (Å²) in [7, 11) is 3.65. The molecule has 0 unspecified atom stereocenters. The van der Waals surface area contributed by atoms with Crippen LogP contribution in [0.5, 0.6) is 0 Å². The molecule has 5 nitrogen and oxygen atoms in total. The summed E-state index contributed by atoms with van der Waals surface area (Å²) in [5, 5.41) is 4.22. The van der Waals surface area contributed by atoms with Crippen molar-refractivity contribution in [2.75, 3.05) is 30.0 Å². The zero-order valence-electron chi connectivity index (χ0n) is 10.8. The molecule has 0 atom stereocenters. The van der Waals surface area contributed by atoms with Gasteiger partial charge in [0.15, 0.2) is 5.13 Å². The van der Waals surface area contributed by atoms with Crippen molar-refractivity contribution >= 4 is 57.1 Å². The predicted molar refractivity (Wildman–Crippen MR) is 85.3 cm³/mol. The third-order valence-corrected chi connectivity index (χ3v) is 4.21. The molecule has 0 spiro atoms. The highest BCUT2D eigenvalue weighted by Crippen LogP contribution is 2.30. The van der Waals surface area contributed by atoms with E-state index in [-0.39, 0.29) is 11.7 Å². The number of aromatic nitrogens is 1. The summed E-state index contributed by atoms with van der Waals surface area (Å²) in [4.78, 5) is 18.4. The lowest BCUT2D eigenvalue weighted by Gasteiger charge is -2.07. The summed E-state index contributed by atoms with van der Waals surface area (Å²) in [5.74, 6) is -0.174. The molecule has 0 aliphatic heterocycles. The molecule has 0 aliphatic rings. The Morgan fingerprint density at radius 1 is 1.40 bits per heavy atom. The average Bonchev–Trinajstić information content (AvgIpc) is 2.76. The Hall–Kier alpha value is -1.50. The Labute approximate surface area is 130 Å². The highest BCUT2D eigenvalue weighted by molar-refractivity contribution is 7.18. The number of rotatable bonds is 3. The Bertz CT molecular complexity index is 657. The lowest BCUT2D eigenvalue weighted by molar-refractivity contribution is 0.103. The standard InChI is InChI=1S/C12H12Cl2N4OS/c1-18(2)12-17-10(15)9(20-12)11(19)16-8-5-6(13)3-4-7(8)14/h3-5H,15H2,1-2H3,(H,16,19). The molecule has 0 radical (unpaired) electrons. The van der Waals surface area contributed by atoms with Gasteiger partial charge in [0.25, 0.3) is 5.91 Å². The maximum Gasteiger partial charge on any atom is 0.269 e. The van der Waals surface area contributed by atoms with E-state index in [0.717, 1.165) is 0 Å². The van der Waals surface area contributed by atoms with Crippen LogP contribution in [0, 0.1) is 0 Å². The Morgan fingerprint density at radius 2 is 2.10 bits per heavy atom. The van der Waals surface area contributed by atoms with E-state index in [0.29, 0.717) is 25.7 Å². The topological polar surface area (TPSA) is 71.2 Å². The quantitative estimate of drug-likeness (QED) is 0.905. The zero-order chi connectivity index (χ0) is 14.9. The van der Waals surface area contributed by atoms with Gasteiger partial charge in [0.1, 0.15) is 10.7 Å². The fourth-order valence-corrected chi connectivity index (χ4v) is 2.59. The maximum atomic E-state index is 12.2. The normalized spacial score (nSPS) is 10.4. The number of hydrogen-bond acceptors (Lipinski definition) is 5. The van der Waals surface area contributed by atoms with Crippen molar-refractivity contribution in [3.8, 4) is 0 Å². The highest BCUT2D eigenvalue weighted by Gasteiger charge is 2.18. The number of benzene rings is 1. The molecule has 2 aromatic rings. The molecule has 0 saturated carbocycles. The summed E-state index contributed by atoms with van der Waals surface area (Å²) in [5.41, 5.74) is 6.19. The van der Waals surface area contributed by atoms with Crippen LogP contribution in [0.4, 0.5) is 16.6 Å². The number of anilines is 3. The van der Waals surface area contributed by atoms with Crippen molar-refractivity contribution in [1.82, 2.24) is 4.98 Å². The van der Waals surface area contributed by atoms with E-state index in [1.54, 1.807) is 23.1 Å². The van der Waals surface area contributed by atoms with Crippen molar-refractivity contribution in [1.29, 1.82) is 0 Å². The zero-order valence-corrected chi connectivity index (χ0v) is 13.1. The smallest absolute Gasteiger partial charge is 0.269 e. The molecule has 1 heterocycles. The van der Waals surface area contributed by atoms with Gasteiger partial charge in [0, 0.05) is 19.1 Å². The lowest BCUT2D eigenvalue weighted by Crippen LogP contribution is -2.12. The first-order valence-corrected chi connectivity index (χ1v) is 7.15. The molecule has 1 aromatic heterocycles. The summed E-state index contributed by atoms with van der Waals surface area (Å²) in [6, 6.07) is 4.83. The number of nitrogens with two attached hydrogens (primary N) is 1. The number of halogens is 2. The van der Waals surface area contributed by atoms with Crippen LogP contribution in [0.2, 0.25) is 10.0 Å². The lowest BCUT2D eigenvalue weighted by atomic mass is 10.3. The van der Waals surface area contributed by atoms with Gasteiger partial charge in [-0.15, -0.1) is 0 Å². The number of carbonyl (C=O) groups excluding carboxylic acids is 1. The third kappa shape index (κ3) is 3.15. The van der Waals surface area contributed by atoms with Gasteiger partial charge in [-0.2, -0.15) is 0 Å². The SMILES string of the molecule is CN(C)c1nc(N)c(C(=O)Nc2cc(Cl)ccc2Cl)s1. The average molecular weight is 331 g/mol. The number of hydrogen-bond donors (Lipinski definition) is 2. The van der Waals surface area contributed by atoms with Crippen molar-refractivity contribution < 1.29 is 4.79 Å². The fraction of sp³-hybridized carbons (Fsp3) is 0.167. The summed E-state index contributed by atoms with van der Waals surface area (Å²) < 4.78 is 0. The van der Waals surface area contributed by atoms with Crippen LogP contribution in [-0.2, 0) is 0 Å². The molecular formula is C12H12Cl2N4OS. The largest absolute Gasteiger partial charge is 0.382 e. The minimum Gasteiger partial charge on any atom is -0.382 e. The van der Waals surface area contributed by atoms with E-state index in [1.165, 1.54) is 11.3 Å². The fourth-order valence-electron chi connectivity index (χ4n) is 1.45. The molecule has 0 bridgehead atoms. The van der Waals surface area contributed by atoms with Gasteiger partial charge in [-0.3, -0.25) is 4.79 Å². The second kappa shape index (κ2) is 5.87. The van der Waals surface area contributed by atoms with Crippen LogP contribution in [0.1, 0.15) is 9.67 Å². The van der Waals surface area contributed by atoms with Gasteiger partial charge in [-0.05, 0) is 18.2 Å². The van der Waals surface area contributed by atoms with E-state index in [2.05, 4.69) is 10.3 Å². The first-order chi connectivity index (χ1) is 9.38. The van der Waals surface area contributed by atoms with Crippen LogP contribution in [0.25, 0.3) is 0 Å². The van der Waals surface area contributed by atoms with Crippen LogP contribution < -0.4 is 16.0 Å². The molecule has 1 amide bonds. The van der Waals surface area contributed by atoms with Crippen molar-refractivity contribution in [2.45, 2.75) is 0 Å². The second-order valence-electron chi connectivity index (χ2n) is 4.18. The molecule has 106 valence electrons. The first kappa shape index (κ1) is 14.9. The molecule has 1 aromatic carbocycles. The number of nitrogen functional groups attached to an aromatic ring is 1. The third-order valence-electron chi connectivity index (χ3n) is 2.41. The molecule has 20 heavy (non-hydrogen) atoms. The van der Waals surface area contributed by atoms with Gasteiger partial charge in [-0.25, -0.2) is 4.98 Å². The van der Waals surface area contributed by atoms with Gasteiger partial charge in [0.05, 0.1) is 10.7 Å². The van der Waals surface area contributed by atoms with Crippen molar-refractivity contribution in [2.24, 2.45) is 0 Å². The molecule has 0 fully saturated rings. The number of nitrogens with zero attached hydrogens (tertiary/aromatic N) is 2. The van der Waals surface area contributed by atoms with Crippen LogP contribution in [0.3, 0.4) is 0 Å². The van der Waals surface area contributed by atoms with E-state index in [4.69, 9.17) is 28.9 Å². The van der Waals surface area contributed by atoms with E-state index < -0.39 is 0 Å². The van der Waals surface area contributed by atoms with Crippen molar-refractivity contribution in [3.05, 3.63) is 33.1 Å². The van der Waals surface area contributed by atoms with Gasteiger partial charge >= 0.3 is 0 Å². The number of carbonyl (C=O) groups is 1. The monoisotopic (exact) mass is 330 g/mol. The molecular weight excluding hydrogens is 319 g/mol. The van der Waals surface area contributed by atoms with Gasteiger partial charge < -0.3 is 16.0 Å². The maximum absolute atomic E-state index is 12.2. The predicted octanol–water partition coefficient (Wildman–Crippen LogP) is 3.35. The summed E-state index contributed by atoms with van der Waals surface area (Å²) in [6.07, 6.45) is 0. The molecule has 0 saturated heterocycles. The number of thiazole rings is 1. The second-order valence-corrected chi connectivity index (χ2v) is 6.00. The molecule has 3 N–H and O–H groups in total. The van der Waals surface area contributed by atoms with Gasteiger partial charge in [0.2, 0.25) is 0 Å². The Kier molecular flexibility index (Phi) is 4.37. The van der Waals surface area contributed by atoms with E-state index in [1.807, 2.05) is 14.1 Å². The Balaban J connectivity index is 2.26. The Morgan fingerprint density at radius 3 is 2.70 bits per heavy atom. The minimum absolute atomic E-state index is 0.189. The molecule has 0 aliphatic carbocycles. The number of nitrogens with one attached hydrogen (secondary N) is 1. The minimum atomic E-state index is -0.364. The van der Waals surface area contributed by atoms with Crippen LogP contribution >= 0.6 is 34.5 Å². The molecule has 2 rings (SSSR count). The first-order valence-electron chi connectivity index (χ1n) is 5.58. The van der Waals surface area contributed by atoms with Crippen LogP contribution in [0.15, 0.2) is 18.2 Å². The molecule has 8 heteroatoms. The van der Waals surface area contributed by atoms with Crippen LogP contribution in [-0.4, -0.2) is 25.0 Å². The van der Waals surface area contributed by atoms with Crippen molar-refractivity contribution in [3.63, 3.8) is 0 Å². The van der Waals surface area contributed by atoms with E-state index in [9.17, 15) is 4.79 Å². The number of amides is 1. The van der Waals surface area contributed by atoms with E-state index >= 15 is 0 Å².